The highest BCUT2D eigenvalue weighted by Crippen LogP contribution is 2.42. The van der Waals surface area contributed by atoms with E-state index >= 15 is 0 Å². The molecule has 0 radical (unpaired) electrons. The smallest absolute Gasteiger partial charge is 0.136 e. The lowest BCUT2D eigenvalue weighted by molar-refractivity contribution is 0.0232. The van der Waals surface area contributed by atoms with Gasteiger partial charge in [-0.25, -0.2) is 4.39 Å². The third kappa shape index (κ3) is 1.49. The molecule has 2 atom stereocenters. The molecule has 0 aliphatic carbocycles. The molecule has 1 fully saturated rings. The van der Waals surface area contributed by atoms with Gasteiger partial charge < -0.3 is 15.2 Å². The van der Waals surface area contributed by atoms with Gasteiger partial charge in [-0.3, -0.25) is 0 Å². The van der Waals surface area contributed by atoms with Crippen LogP contribution in [0.3, 0.4) is 0 Å². The monoisotopic (exact) mass is 223 g/mol. The molecule has 16 heavy (non-hydrogen) atoms. The van der Waals surface area contributed by atoms with E-state index in [-0.39, 0.29) is 17.5 Å². The van der Waals surface area contributed by atoms with Crippen LogP contribution in [0, 0.1) is 5.82 Å². The molecule has 2 heterocycles. The van der Waals surface area contributed by atoms with E-state index in [1.54, 1.807) is 6.07 Å². The molecule has 3 nitrogen and oxygen atoms in total. The van der Waals surface area contributed by atoms with Crippen molar-refractivity contribution in [3.63, 3.8) is 0 Å². The second-order valence-corrected chi connectivity index (χ2v) is 4.58. The Labute approximate surface area is 93.3 Å². The Morgan fingerprint density at radius 2 is 2.31 bits per heavy atom. The van der Waals surface area contributed by atoms with E-state index in [0.717, 1.165) is 18.4 Å². The number of fused-ring (bicyclic) bond motifs is 1. The Kier molecular flexibility index (Phi) is 2.16. The van der Waals surface area contributed by atoms with Crippen molar-refractivity contribution in [2.24, 2.45) is 5.73 Å². The number of hydrogen-bond acceptors (Lipinski definition) is 3. The van der Waals surface area contributed by atoms with E-state index < -0.39 is 0 Å². The third-order valence-electron chi connectivity index (χ3n) is 3.36. The van der Waals surface area contributed by atoms with Gasteiger partial charge in [-0.1, -0.05) is 6.07 Å². The quantitative estimate of drug-likeness (QED) is 0.729. The molecule has 2 aliphatic rings. The number of halogens is 1. The summed E-state index contributed by atoms with van der Waals surface area (Å²) in [6, 6.07) is 4.45. The molecule has 0 amide bonds. The molecule has 2 aliphatic heterocycles. The van der Waals surface area contributed by atoms with Crippen molar-refractivity contribution >= 4 is 0 Å². The first-order chi connectivity index (χ1) is 7.69. The summed E-state index contributed by atoms with van der Waals surface area (Å²) in [5, 5.41) is 0. The number of rotatable bonds is 0. The van der Waals surface area contributed by atoms with Crippen molar-refractivity contribution in [1.82, 2.24) is 0 Å². The first-order valence-electron chi connectivity index (χ1n) is 5.50. The summed E-state index contributed by atoms with van der Waals surface area (Å²) in [7, 11) is 0. The number of hydrogen-bond donors (Lipinski definition) is 1. The summed E-state index contributed by atoms with van der Waals surface area (Å²) in [5.74, 6) is 0.283. The fourth-order valence-corrected chi connectivity index (χ4v) is 2.52. The Hall–Kier alpha value is -1.13. The molecule has 2 unspecified atom stereocenters. The van der Waals surface area contributed by atoms with Crippen LogP contribution in [0.1, 0.15) is 24.4 Å². The predicted molar refractivity (Wildman–Crippen MR) is 56.7 cm³/mol. The fourth-order valence-electron chi connectivity index (χ4n) is 2.52. The lowest BCUT2D eigenvalue weighted by Gasteiger charge is -2.37. The molecule has 0 bridgehead atoms. The zero-order valence-corrected chi connectivity index (χ0v) is 8.91. The lowest BCUT2D eigenvalue weighted by atomic mass is 9.87. The van der Waals surface area contributed by atoms with Crippen LogP contribution in [-0.2, 0) is 4.74 Å². The Morgan fingerprint density at radius 1 is 1.44 bits per heavy atom. The molecule has 3 rings (SSSR count). The normalized spacial score (nSPS) is 32.5. The zero-order valence-electron chi connectivity index (χ0n) is 8.91. The second kappa shape index (κ2) is 3.43. The van der Waals surface area contributed by atoms with Gasteiger partial charge in [-0.15, -0.1) is 0 Å². The maximum absolute atomic E-state index is 13.1. The van der Waals surface area contributed by atoms with Gasteiger partial charge in [0.25, 0.3) is 0 Å². The molecule has 0 aromatic heterocycles. The van der Waals surface area contributed by atoms with E-state index in [4.69, 9.17) is 15.2 Å². The number of ether oxygens (including phenoxy) is 2. The minimum atomic E-state index is -0.333. The van der Waals surface area contributed by atoms with Gasteiger partial charge in [-0.05, 0) is 6.07 Å². The van der Waals surface area contributed by atoms with Crippen molar-refractivity contribution in [1.29, 1.82) is 0 Å². The zero-order chi connectivity index (χ0) is 11.2. The van der Waals surface area contributed by atoms with Gasteiger partial charge in [0.15, 0.2) is 0 Å². The minimum absolute atomic E-state index is 0.0916. The van der Waals surface area contributed by atoms with E-state index in [0.29, 0.717) is 19.0 Å². The number of nitrogens with two attached hydrogens (primary N) is 1. The molecular weight excluding hydrogens is 209 g/mol. The third-order valence-corrected chi connectivity index (χ3v) is 3.36. The lowest BCUT2D eigenvalue weighted by Crippen LogP contribution is -2.43. The first-order valence-corrected chi connectivity index (χ1v) is 5.50. The van der Waals surface area contributed by atoms with Gasteiger partial charge >= 0.3 is 0 Å². The van der Waals surface area contributed by atoms with Crippen LogP contribution >= 0.6 is 0 Å². The maximum atomic E-state index is 13.1. The summed E-state index contributed by atoms with van der Waals surface area (Å²) in [4.78, 5) is 0. The summed E-state index contributed by atoms with van der Waals surface area (Å²) >= 11 is 0. The van der Waals surface area contributed by atoms with Crippen molar-refractivity contribution in [3.8, 4) is 5.75 Å². The summed E-state index contributed by atoms with van der Waals surface area (Å²) in [5.41, 5.74) is 6.65. The molecule has 1 aromatic carbocycles. The van der Waals surface area contributed by atoms with Crippen LogP contribution in [0.15, 0.2) is 18.2 Å². The summed E-state index contributed by atoms with van der Waals surface area (Å²) in [6.07, 6.45) is 1.57. The van der Waals surface area contributed by atoms with Crippen LogP contribution in [0.25, 0.3) is 0 Å². The fraction of sp³-hybridized carbons (Fsp3) is 0.500. The molecule has 1 aromatic rings. The molecule has 86 valence electrons. The minimum Gasteiger partial charge on any atom is -0.484 e. The maximum Gasteiger partial charge on any atom is 0.136 e. The first kappa shape index (κ1) is 10.1. The van der Waals surface area contributed by atoms with E-state index in [1.807, 2.05) is 0 Å². The van der Waals surface area contributed by atoms with Crippen LogP contribution in [-0.4, -0.2) is 18.8 Å². The molecule has 2 N–H and O–H groups in total. The molecule has 1 spiro atoms. The number of benzene rings is 1. The average Bonchev–Trinajstić information content (AvgIpc) is 2.65. The van der Waals surface area contributed by atoms with Crippen molar-refractivity contribution in [2.75, 3.05) is 13.2 Å². The molecule has 1 saturated heterocycles. The largest absolute Gasteiger partial charge is 0.484 e. The highest BCUT2D eigenvalue weighted by Gasteiger charge is 2.43. The summed E-state index contributed by atoms with van der Waals surface area (Å²) in [6.45, 7) is 1.24. The van der Waals surface area contributed by atoms with Crippen molar-refractivity contribution < 1.29 is 13.9 Å². The van der Waals surface area contributed by atoms with Crippen LogP contribution in [0.2, 0.25) is 0 Å². The second-order valence-electron chi connectivity index (χ2n) is 4.58. The topological polar surface area (TPSA) is 44.5 Å². The van der Waals surface area contributed by atoms with Crippen LogP contribution in [0.5, 0.6) is 5.75 Å². The van der Waals surface area contributed by atoms with Crippen LogP contribution < -0.4 is 10.5 Å². The van der Waals surface area contributed by atoms with Gasteiger partial charge in [0.1, 0.15) is 17.2 Å². The standard InChI is InChI=1S/C12H14FNO2/c13-8-1-2-9-10(14)6-12(3-4-15-7-12)16-11(9)5-8/h1-2,5,10H,3-4,6-7,14H2. The Balaban J connectivity index is 2.00. The average molecular weight is 223 g/mol. The van der Waals surface area contributed by atoms with Gasteiger partial charge in [0, 0.05) is 30.5 Å². The Bertz CT molecular complexity index is 415. The highest BCUT2D eigenvalue weighted by molar-refractivity contribution is 5.39. The highest BCUT2D eigenvalue weighted by atomic mass is 19.1. The van der Waals surface area contributed by atoms with E-state index in [2.05, 4.69) is 0 Å². The summed E-state index contributed by atoms with van der Waals surface area (Å²) < 4.78 is 24.4. The van der Waals surface area contributed by atoms with Crippen molar-refractivity contribution in [3.05, 3.63) is 29.6 Å². The predicted octanol–water partition coefficient (Wildman–Crippen LogP) is 1.77. The van der Waals surface area contributed by atoms with Crippen molar-refractivity contribution in [2.45, 2.75) is 24.5 Å². The SMILES string of the molecule is NC1CC2(CCOC2)Oc2cc(F)ccc21. The van der Waals surface area contributed by atoms with Gasteiger partial charge in [-0.2, -0.15) is 0 Å². The van der Waals surface area contributed by atoms with E-state index in [1.165, 1.54) is 12.1 Å². The van der Waals surface area contributed by atoms with E-state index in [9.17, 15) is 4.39 Å². The van der Waals surface area contributed by atoms with Gasteiger partial charge in [0.2, 0.25) is 0 Å². The Morgan fingerprint density at radius 3 is 3.06 bits per heavy atom. The molecule has 0 saturated carbocycles. The molecule has 4 heteroatoms. The molecular formula is C12H14FNO2. The van der Waals surface area contributed by atoms with Gasteiger partial charge in [0.05, 0.1) is 13.2 Å². The van der Waals surface area contributed by atoms with Crippen LogP contribution in [0.4, 0.5) is 4.39 Å².